The van der Waals surface area contributed by atoms with E-state index in [-0.39, 0.29) is 0 Å². The van der Waals surface area contributed by atoms with Crippen LogP contribution in [0.5, 0.6) is 0 Å². The van der Waals surface area contributed by atoms with Crippen LogP contribution in [-0.4, -0.2) is 0 Å². The Kier molecular flexibility index (Phi) is 1.41. The summed E-state index contributed by atoms with van der Waals surface area (Å²) in [5.41, 5.74) is 0.707. The number of rotatable bonds is 0. The smallest absolute Gasteiger partial charge is 0.0292 e. The van der Waals surface area contributed by atoms with Gasteiger partial charge in [-0.2, -0.15) is 0 Å². The van der Waals surface area contributed by atoms with E-state index in [1.807, 2.05) is 0 Å². The zero-order chi connectivity index (χ0) is 8.22. The van der Waals surface area contributed by atoms with E-state index >= 15 is 0 Å². The van der Waals surface area contributed by atoms with Crippen LogP contribution in [-0.2, 0) is 0 Å². The molecule has 0 spiro atoms. The van der Waals surface area contributed by atoms with E-state index in [1.165, 1.54) is 12.8 Å². The van der Waals surface area contributed by atoms with Crippen molar-refractivity contribution in [3.05, 3.63) is 0 Å². The van der Waals surface area contributed by atoms with E-state index in [0.717, 1.165) is 23.7 Å². The van der Waals surface area contributed by atoms with Crippen LogP contribution >= 0.6 is 0 Å². The summed E-state index contributed by atoms with van der Waals surface area (Å²) in [5, 5.41) is 0. The highest BCUT2D eigenvalue weighted by molar-refractivity contribution is 5.08. The first-order chi connectivity index (χ1) is 5.03. The summed E-state index contributed by atoms with van der Waals surface area (Å²) in [4.78, 5) is 0. The van der Waals surface area contributed by atoms with Crippen molar-refractivity contribution in [3.63, 3.8) is 0 Å². The highest BCUT2D eigenvalue weighted by atomic mass is 14.6. The fraction of sp³-hybridized carbons (Fsp3) is 1.00. The molecule has 4 unspecified atom stereocenters. The molecule has 0 N–H and O–H groups in total. The second-order valence-electron chi connectivity index (χ2n) is 5.46. The molecule has 2 aliphatic rings. The standard InChI is InChI=1S/C11H20/c1-7-5-9-10(6-8(7)2)11(9,3)4/h7-10H,5-6H2,1-4H3. The van der Waals surface area contributed by atoms with Gasteiger partial charge < -0.3 is 0 Å². The minimum atomic E-state index is 0.707. The first kappa shape index (κ1) is 7.64. The summed E-state index contributed by atoms with van der Waals surface area (Å²) in [6, 6.07) is 0. The van der Waals surface area contributed by atoms with Crippen LogP contribution in [0, 0.1) is 29.1 Å². The Bertz CT molecular complexity index is 151. The fourth-order valence-corrected chi connectivity index (χ4v) is 3.06. The number of fused-ring (bicyclic) bond motifs is 1. The van der Waals surface area contributed by atoms with E-state index in [0.29, 0.717) is 5.41 Å². The minimum Gasteiger partial charge on any atom is -0.0622 e. The van der Waals surface area contributed by atoms with Gasteiger partial charge in [-0.1, -0.05) is 27.7 Å². The first-order valence-electron chi connectivity index (χ1n) is 5.03. The van der Waals surface area contributed by atoms with Gasteiger partial charge in [0.25, 0.3) is 0 Å². The lowest BCUT2D eigenvalue weighted by molar-refractivity contribution is 0.265. The van der Waals surface area contributed by atoms with Crippen molar-refractivity contribution in [1.29, 1.82) is 0 Å². The molecular weight excluding hydrogens is 132 g/mol. The maximum atomic E-state index is 2.45. The van der Waals surface area contributed by atoms with Crippen LogP contribution in [0.15, 0.2) is 0 Å². The Morgan fingerprint density at radius 3 is 1.64 bits per heavy atom. The van der Waals surface area contributed by atoms with E-state index in [1.54, 1.807) is 0 Å². The Balaban J connectivity index is 2.07. The largest absolute Gasteiger partial charge is 0.0622 e. The summed E-state index contributed by atoms with van der Waals surface area (Å²) < 4.78 is 0. The van der Waals surface area contributed by atoms with Crippen LogP contribution in [0.4, 0.5) is 0 Å². The minimum absolute atomic E-state index is 0.707. The van der Waals surface area contributed by atoms with Gasteiger partial charge in [0, 0.05) is 0 Å². The monoisotopic (exact) mass is 152 g/mol. The Hall–Kier alpha value is 0. The van der Waals surface area contributed by atoms with E-state index in [9.17, 15) is 0 Å². The third-order valence-electron chi connectivity index (χ3n) is 4.51. The molecule has 2 rings (SSSR count). The van der Waals surface area contributed by atoms with Gasteiger partial charge in [-0.3, -0.25) is 0 Å². The second kappa shape index (κ2) is 2.02. The molecule has 0 nitrogen and oxygen atoms in total. The molecule has 2 aliphatic carbocycles. The van der Waals surface area contributed by atoms with Crippen LogP contribution in [0.3, 0.4) is 0 Å². The van der Waals surface area contributed by atoms with Gasteiger partial charge in [0.1, 0.15) is 0 Å². The molecule has 0 heterocycles. The highest BCUT2D eigenvalue weighted by Crippen LogP contribution is 2.66. The van der Waals surface area contributed by atoms with Crippen molar-refractivity contribution in [2.45, 2.75) is 40.5 Å². The molecule has 2 saturated carbocycles. The zero-order valence-corrected chi connectivity index (χ0v) is 8.22. The quantitative estimate of drug-likeness (QED) is 0.499. The van der Waals surface area contributed by atoms with Crippen molar-refractivity contribution >= 4 is 0 Å². The van der Waals surface area contributed by atoms with E-state index < -0.39 is 0 Å². The van der Waals surface area contributed by atoms with Crippen LogP contribution in [0.2, 0.25) is 0 Å². The molecule has 0 bridgehead atoms. The SMILES string of the molecule is CC1CC2C(CC1C)C2(C)C. The Morgan fingerprint density at radius 2 is 1.27 bits per heavy atom. The number of hydrogen-bond donors (Lipinski definition) is 0. The summed E-state index contributed by atoms with van der Waals surface area (Å²) in [6.07, 6.45) is 3.00. The third kappa shape index (κ3) is 0.947. The molecular formula is C11H20. The van der Waals surface area contributed by atoms with Crippen LogP contribution in [0.25, 0.3) is 0 Å². The van der Waals surface area contributed by atoms with Gasteiger partial charge in [-0.25, -0.2) is 0 Å². The summed E-state index contributed by atoms with van der Waals surface area (Å²) in [6.45, 7) is 9.75. The molecule has 2 fully saturated rings. The second-order valence-corrected chi connectivity index (χ2v) is 5.46. The van der Waals surface area contributed by atoms with Gasteiger partial charge in [-0.15, -0.1) is 0 Å². The van der Waals surface area contributed by atoms with Gasteiger partial charge in [-0.05, 0) is 41.9 Å². The van der Waals surface area contributed by atoms with Crippen LogP contribution in [0.1, 0.15) is 40.5 Å². The fourth-order valence-electron chi connectivity index (χ4n) is 3.06. The summed E-state index contributed by atoms with van der Waals surface area (Å²) in [7, 11) is 0. The molecule has 0 amide bonds. The average molecular weight is 152 g/mol. The lowest BCUT2D eigenvalue weighted by atomic mass is 9.82. The van der Waals surface area contributed by atoms with E-state index in [4.69, 9.17) is 0 Å². The zero-order valence-electron chi connectivity index (χ0n) is 8.22. The highest BCUT2D eigenvalue weighted by Gasteiger charge is 2.59. The topological polar surface area (TPSA) is 0 Å². The van der Waals surface area contributed by atoms with Gasteiger partial charge in [0.15, 0.2) is 0 Å². The van der Waals surface area contributed by atoms with Gasteiger partial charge >= 0.3 is 0 Å². The molecule has 64 valence electrons. The molecule has 0 saturated heterocycles. The Labute approximate surface area is 70.4 Å². The lowest BCUT2D eigenvalue weighted by Crippen LogP contribution is -2.14. The number of hydrogen-bond acceptors (Lipinski definition) is 0. The van der Waals surface area contributed by atoms with Crippen LogP contribution < -0.4 is 0 Å². The van der Waals surface area contributed by atoms with Gasteiger partial charge in [0.2, 0.25) is 0 Å². The van der Waals surface area contributed by atoms with Crippen molar-refractivity contribution < 1.29 is 0 Å². The lowest BCUT2D eigenvalue weighted by Gasteiger charge is -2.24. The summed E-state index contributed by atoms with van der Waals surface area (Å²) >= 11 is 0. The molecule has 0 aliphatic heterocycles. The maximum absolute atomic E-state index is 2.45. The molecule has 0 aromatic carbocycles. The predicted molar refractivity (Wildman–Crippen MR) is 48.3 cm³/mol. The molecule has 4 atom stereocenters. The Morgan fingerprint density at radius 1 is 0.909 bits per heavy atom. The molecule has 0 aromatic rings. The molecule has 0 heteroatoms. The van der Waals surface area contributed by atoms with Crippen molar-refractivity contribution in [1.82, 2.24) is 0 Å². The van der Waals surface area contributed by atoms with Crippen molar-refractivity contribution in [3.8, 4) is 0 Å². The van der Waals surface area contributed by atoms with Crippen molar-refractivity contribution in [2.75, 3.05) is 0 Å². The molecule has 0 aromatic heterocycles. The van der Waals surface area contributed by atoms with Crippen molar-refractivity contribution in [2.24, 2.45) is 29.1 Å². The maximum Gasteiger partial charge on any atom is -0.0292 e. The summed E-state index contributed by atoms with van der Waals surface area (Å²) in [5.74, 6) is 4.12. The van der Waals surface area contributed by atoms with Gasteiger partial charge in [0.05, 0.1) is 0 Å². The van der Waals surface area contributed by atoms with E-state index in [2.05, 4.69) is 27.7 Å². The normalized spacial score (nSPS) is 53.5. The third-order valence-corrected chi connectivity index (χ3v) is 4.51. The average Bonchev–Trinajstić information content (AvgIpc) is 2.39. The molecule has 0 radical (unpaired) electrons. The molecule has 11 heavy (non-hydrogen) atoms. The predicted octanol–water partition coefficient (Wildman–Crippen LogP) is 3.32. The first-order valence-corrected chi connectivity index (χ1v) is 5.03.